The molecule has 1 heterocycles. The molecule has 2 amide bonds. The fraction of sp³-hybridized carbons (Fsp3) is 0.167. The molecule has 0 radical (unpaired) electrons. The fourth-order valence-corrected chi connectivity index (χ4v) is 2.61. The number of carbonyl (C=O) groups is 3. The molecule has 0 saturated carbocycles. The maximum atomic E-state index is 12.3. The van der Waals surface area contributed by atoms with E-state index in [1.165, 1.54) is 25.3 Å². The SMILES string of the molecule is COc1ccc(C(=O)O)c(OCCN2C(=O)c3ccccc3C2=O)c1. The summed E-state index contributed by atoms with van der Waals surface area (Å²) in [4.78, 5) is 36.9. The molecule has 7 nitrogen and oxygen atoms in total. The Labute approximate surface area is 143 Å². The third kappa shape index (κ3) is 3.03. The van der Waals surface area contributed by atoms with Crippen LogP contribution in [0.1, 0.15) is 31.1 Å². The molecule has 1 aliphatic rings. The van der Waals surface area contributed by atoms with Gasteiger partial charge in [-0.05, 0) is 24.3 Å². The van der Waals surface area contributed by atoms with Crippen LogP contribution in [0.15, 0.2) is 42.5 Å². The lowest BCUT2D eigenvalue weighted by atomic mass is 10.1. The van der Waals surface area contributed by atoms with Crippen molar-refractivity contribution in [1.82, 2.24) is 4.90 Å². The molecule has 2 aromatic rings. The highest BCUT2D eigenvalue weighted by molar-refractivity contribution is 6.21. The molecule has 3 rings (SSSR count). The Hall–Kier alpha value is -3.35. The van der Waals surface area contributed by atoms with Crippen LogP contribution in [0, 0.1) is 0 Å². The quantitative estimate of drug-likeness (QED) is 0.809. The van der Waals surface area contributed by atoms with Gasteiger partial charge in [0.05, 0.1) is 24.8 Å². The first kappa shape index (κ1) is 16.5. The Morgan fingerprint density at radius 2 is 1.72 bits per heavy atom. The second kappa shape index (κ2) is 6.64. The number of hydrogen-bond donors (Lipinski definition) is 1. The number of carboxylic acids is 1. The Morgan fingerprint density at radius 1 is 1.08 bits per heavy atom. The van der Waals surface area contributed by atoms with Crippen LogP contribution in [0.5, 0.6) is 11.5 Å². The van der Waals surface area contributed by atoms with Gasteiger partial charge in [-0.2, -0.15) is 0 Å². The normalized spacial score (nSPS) is 12.9. The average molecular weight is 341 g/mol. The minimum absolute atomic E-state index is 0.0165. The Kier molecular flexibility index (Phi) is 4.38. The number of carbonyl (C=O) groups excluding carboxylic acids is 2. The fourth-order valence-electron chi connectivity index (χ4n) is 2.61. The van der Waals surface area contributed by atoms with Crippen LogP contribution in [0.4, 0.5) is 0 Å². The van der Waals surface area contributed by atoms with Crippen molar-refractivity contribution in [3.8, 4) is 11.5 Å². The van der Waals surface area contributed by atoms with Crippen molar-refractivity contribution in [3.05, 3.63) is 59.2 Å². The van der Waals surface area contributed by atoms with Gasteiger partial charge in [-0.15, -0.1) is 0 Å². The summed E-state index contributed by atoms with van der Waals surface area (Å²) in [7, 11) is 1.46. The van der Waals surface area contributed by atoms with Crippen molar-refractivity contribution in [2.24, 2.45) is 0 Å². The van der Waals surface area contributed by atoms with E-state index in [1.54, 1.807) is 24.3 Å². The lowest BCUT2D eigenvalue weighted by Gasteiger charge is -2.15. The van der Waals surface area contributed by atoms with Gasteiger partial charge in [0.15, 0.2) is 0 Å². The second-order valence-corrected chi connectivity index (χ2v) is 5.32. The number of benzene rings is 2. The summed E-state index contributed by atoms with van der Waals surface area (Å²) in [6.45, 7) is -0.0124. The minimum atomic E-state index is -1.14. The number of ether oxygens (including phenoxy) is 2. The first-order chi connectivity index (χ1) is 12.0. The summed E-state index contributed by atoms with van der Waals surface area (Å²) in [6, 6.07) is 10.9. The van der Waals surface area contributed by atoms with E-state index in [4.69, 9.17) is 9.47 Å². The summed E-state index contributed by atoms with van der Waals surface area (Å²) in [5.74, 6) is -1.34. The van der Waals surface area contributed by atoms with Gasteiger partial charge in [-0.1, -0.05) is 12.1 Å². The molecule has 25 heavy (non-hydrogen) atoms. The van der Waals surface area contributed by atoms with E-state index in [1.807, 2.05) is 0 Å². The van der Waals surface area contributed by atoms with Crippen LogP contribution in [0.3, 0.4) is 0 Å². The number of amides is 2. The van der Waals surface area contributed by atoms with Crippen molar-refractivity contribution >= 4 is 17.8 Å². The number of hydrogen-bond acceptors (Lipinski definition) is 5. The van der Waals surface area contributed by atoms with Crippen LogP contribution in [0.25, 0.3) is 0 Å². The number of imide groups is 1. The number of fused-ring (bicyclic) bond motifs is 1. The summed E-state index contributed by atoms with van der Waals surface area (Å²) in [5.41, 5.74) is 0.698. The lowest BCUT2D eigenvalue weighted by Crippen LogP contribution is -2.33. The van der Waals surface area contributed by atoms with Crippen LogP contribution in [-0.2, 0) is 0 Å². The number of nitrogens with zero attached hydrogens (tertiary/aromatic N) is 1. The topological polar surface area (TPSA) is 93.1 Å². The first-order valence-electron chi connectivity index (χ1n) is 7.52. The van der Waals surface area contributed by atoms with E-state index < -0.39 is 5.97 Å². The second-order valence-electron chi connectivity index (χ2n) is 5.32. The highest BCUT2D eigenvalue weighted by Gasteiger charge is 2.34. The largest absolute Gasteiger partial charge is 0.497 e. The van der Waals surface area contributed by atoms with E-state index in [0.29, 0.717) is 16.9 Å². The van der Waals surface area contributed by atoms with Gasteiger partial charge in [-0.3, -0.25) is 14.5 Å². The van der Waals surface area contributed by atoms with E-state index in [0.717, 1.165) is 4.90 Å². The first-order valence-corrected chi connectivity index (χ1v) is 7.52. The molecule has 0 atom stereocenters. The maximum Gasteiger partial charge on any atom is 0.339 e. The van der Waals surface area contributed by atoms with Gasteiger partial charge >= 0.3 is 5.97 Å². The zero-order valence-electron chi connectivity index (χ0n) is 13.4. The summed E-state index contributed by atoms with van der Waals surface area (Å²) >= 11 is 0. The molecular formula is C18H15NO6. The number of methoxy groups -OCH3 is 1. The van der Waals surface area contributed by atoms with Crippen LogP contribution in [0.2, 0.25) is 0 Å². The smallest absolute Gasteiger partial charge is 0.339 e. The van der Waals surface area contributed by atoms with Gasteiger partial charge in [-0.25, -0.2) is 4.79 Å². The molecule has 7 heteroatoms. The van der Waals surface area contributed by atoms with Crippen molar-refractivity contribution < 1.29 is 29.0 Å². The van der Waals surface area contributed by atoms with Crippen molar-refractivity contribution in [1.29, 1.82) is 0 Å². The maximum absolute atomic E-state index is 12.3. The summed E-state index contributed by atoms with van der Waals surface area (Å²) < 4.78 is 10.5. The van der Waals surface area contributed by atoms with Crippen molar-refractivity contribution in [2.45, 2.75) is 0 Å². The van der Waals surface area contributed by atoms with E-state index in [-0.39, 0.29) is 36.3 Å². The third-order valence-electron chi connectivity index (χ3n) is 3.87. The molecule has 2 aromatic carbocycles. The van der Waals surface area contributed by atoms with Crippen LogP contribution in [-0.4, -0.2) is 48.1 Å². The summed E-state index contributed by atoms with van der Waals surface area (Å²) in [6.07, 6.45) is 0. The Morgan fingerprint density at radius 3 is 2.28 bits per heavy atom. The van der Waals surface area contributed by atoms with E-state index in [9.17, 15) is 19.5 Å². The molecule has 0 aliphatic carbocycles. The Bertz CT molecular complexity index is 825. The standard InChI is InChI=1S/C18H15NO6/c1-24-11-6-7-14(18(22)23)15(10-11)25-9-8-19-16(20)12-4-2-3-5-13(12)17(19)21/h2-7,10H,8-9H2,1H3,(H,22,23). The van der Waals surface area contributed by atoms with Gasteiger partial charge in [0.2, 0.25) is 0 Å². The van der Waals surface area contributed by atoms with Crippen LogP contribution >= 0.6 is 0 Å². The highest BCUT2D eigenvalue weighted by atomic mass is 16.5. The van der Waals surface area contributed by atoms with E-state index >= 15 is 0 Å². The zero-order chi connectivity index (χ0) is 18.0. The molecule has 0 saturated heterocycles. The summed E-state index contributed by atoms with van der Waals surface area (Å²) in [5, 5.41) is 9.20. The third-order valence-corrected chi connectivity index (χ3v) is 3.87. The predicted molar refractivity (Wildman–Crippen MR) is 87.3 cm³/mol. The van der Waals surface area contributed by atoms with E-state index in [2.05, 4.69) is 0 Å². The molecule has 1 aliphatic heterocycles. The molecular weight excluding hydrogens is 326 g/mol. The molecule has 0 aromatic heterocycles. The van der Waals surface area contributed by atoms with Crippen molar-refractivity contribution in [3.63, 3.8) is 0 Å². The molecule has 0 spiro atoms. The Balaban J connectivity index is 1.71. The molecule has 0 unspecified atom stereocenters. The molecule has 128 valence electrons. The average Bonchev–Trinajstić information content (AvgIpc) is 2.86. The number of aromatic carboxylic acids is 1. The molecule has 1 N–H and O–H groups in total. The molecule has 0 bridgehead atoms. The van der Waals surface area contributed by atoms with Gasteiger partial charge in [0, 0.05) is 6.07 Å². The number of rotatable bonds is 6. The predicted octanol–water partition coefficient (Wildman–Crippen LogP) is 2.07. The minimum Gasteiger partial charge on any atom is -0.497 e. The number of carboxylic acid groups (broad SMARTS) is 1. The van der Waals surface area contributed by atoms with Gasteiger partial charge < -0.3 is 14.6 Å². The van der Waals surface area contributed by atoms with Crippen LogP contribution < -0.4 is 9.47 Å². The lowest BCUT2D eigenvalue weighted by molar-refractivity contribution is 0.0621. The molecule has 0 fully saturated rings. The monoisotopic (exact) mass is 341 g/mol. The van der Waals surface area contributed by atoms with Crippen molar-refractivity contribution in [2.75, 3.05) is 20.3 Å². The van der Waals surface area contributed by atoms with Gasteiger partial charge in [0.25, 0.3) is 11.8 Å². The van der Waals surface area contributed by atoms with Gasteiger partial charge in [0.1, 0.15) is 23.7 Å². The highest BCUT2D eigenvalue weighted by Crippen LogP contribution is 2.26. The zero-order valence-corrected chi connectivity index (χ0v) is 13.4.